The van der Waals surface area contributed by atoms with E-state index in [9.17, 15) is 9.59 Å². The van der Waals surface area contributed by atoms with Gasteiger partial charge in [0.1, 0.15) is 0 Å². The number of carbonyl (C=O) groups excluding carboxylic acids is 2. The van der Waals surface area contributed by atoms with Crippen molar-refractivity contribution in [3.8, 4) is 0 Å². The van der Waals surface area contributed by atoms with Gasteiger partial charge < -0.3 is 5.32 Å². The number of nitrogens with one attached hydrogen (secondary N) is 2. The molecular formula is C16H20BrN3O2. The molecule has 5 nitrogen and oxygen atoms in total. The highest BCUT2D eigenvalue weighted by Gasteiger charge is 2.14. The second-order valence-corrected chi connectivity index (χ2v) is 6.27. The number of amides is 2. The molecule has 0 saturated heterocycles. The quantitative estimate of drug-likeness (QED) is 0.620. The maximum atomic E-state index is 11.8. The summed E-state index contributed by atoms with van der Waals surface area (Å²) >= 11 is 3.31. The van der Waals surface area contributed by atoms with Crippen molar-refractivity contribution >= 4 is 39.1 Å². The lowest BCUT2D eigenvalue weighted by molar-refractivity contribution is -0.136. The van der Waals surface area contributed by atoms with Gasteiger partial charge in [-0.3, -0.25) is 9.59 Å². The summed E-state index contributed by atoms with van der Waals surface area (Å²) in [4.78, 5) is 23.6. The molecule has 1 aromatic carbocycles. The number of anilines is 1. The van der Waals surface area contributed by atoms with Crippen LogP contribution in [0, 0.1) is 0 Å². The summed E-state index contributed by atoms with van der Waals surface area (Å²) in [7, 11) is 0. The van der Waals surface area contributed by atoms with Crippen molar-refractivity contribution in [2.45, 2.75) is 44.9 Å². The average molecular weight is 366 g/mol. The molecule has 0 heterocycles. The van der Waals surface area contributed by atoms with Crippen LogP contribution in [0.4, 0.5) is 5.69 Å². The van der Waals surface area contributed by atoms with Gasteiger partial charge in [0.2, 0.25) is 0 Å². The van der Waals surface area contributed by atoms with Gasteiger partial charge in [-0.25, -0.2) is 5.43 Å². The molecule has 118 valence electrons. The van der Waals surface area contributed by atoms with Crippen LogP contribution in [0.1, 0.15) is 44.9 Å². The predicted molar refractivity (Wildman–Crippen MR) is 90.7 cm³/mol. The SMILES string of the molecule is O=C(NN=C1CCCCCCC1)C(=O)Nc1cccc(Br)c1. The lowest BCUT2D eigenvalue weighted by Crippen LogP contribution is -2.33. The van der Waals surface area contributed by atoms with E-state index in [4.69, 9.17) is 0 Å². The minimum absolute atomic E-state index is 0.563. The van der Waals surface area contributed by atoms with E-state index in [1.807, 2.05) is 6.07 Å². The number of hydrogen-bond donors (Lipinski definition) is 2. The number of hydrogen-bond acceptors (Lipinski definition) is 3. The third-order valence-corrected chi connectivity index (χ3v) is 4.03. The van der Waals surface area contributed by atoms with E-state index in [2.05, 4.69) is 31.8 Å². The highest BCUT2D eigenvalue weighted by molar-refractivity contribution is 9.10. The van der Waals surface area contributed by atoms with E-state index >= 15 is 0 Å². The van der Waals surface area contributed by atoms with Gasteiger partial charge in [-0.1, -0.05) is 41.3 Å². The molecule has 0 atom stereocenters. The Hall–Kier alpha value is -1.69. The smallest absolute Gasteiger partial charge is 0.318 e. The van der Waals surface area contributed by atoms with Crippen LogP contribution >= 0.6 is 15.9 Å². The van der Waals surface area contributed by atoms with E-state index < -0.39 is 11.8 Å². The number of hydrazone groups is 1. The molecule has 0 bridgehead atoms. The lowest BCUT2D eigenvalue weighted by atomic mass is 9.99. The van der Waals surface area contributed by atoms with Gasteiger partial charge in [-0.05, 0) is 43.9 Å². The van der Waals surface area contributed by atoms with Crippen LogP contribution in [-0.4, -0.2) is 17.5 Å². The van der Waals surface area contributed by atoms with Crippen molar-refractivity contribution in [1.29, 1.82) is 0 Å². The molecule has 1 aliphatic rings. The van der Waals surface area contributed by atoms with Gasteiger partial charge in [0.05, 0.1) is 0 Å². The molecule has 1 aliphatic carbocycles. The third kappa shape index (κ3) is 5.60. The Morgan fingerprint density at radius 1 is 1.00 bits per heavy atom. The maximum Gasteiger partial charge on any atom is 0.329 e. The van der Waals surface area contributed by atoms with Crippen LogP contribution in [0.3, 0.4) is 0 Å². The molecule has 0 radical (unpaired) electrons. The summed E-state index contributed by atoms with van der Waals surface area (Å²) in [5.74, 6) is -1.46. The summed E-state index contributed by atoms with van der Waals surface area (Å²) in [6.45, 7) is 0. The molecule has 0 spiro atoms. The predicted octanol–water partition coefficient (Wildman–Crippen LogP) is 3.60. The average Bonchev–Trinajstić information content (AvgIpc) is 2.45. The fourth-order valence-corrected chi connectivity index (χ4v) is 2.76. The van der Waals surface area contributed by atoms with E-state index in [1.165, 1.54) is 19.3 Å². The van der Waals surface area contributed by atoms with E-state index in [0.717, 1.165) is 35.9 Å². The van der Waals surface area contributed by atoms with Crippen LogP contribution < -0.4 is 10.7 Å². The second-order valence-electron chi connectivity index (χ2n) is 5.35. The highest BCUT2D eigenvalue weighted by Crippen LogP contribution is 2.16. The van der Waals surface area contributed by atoms with Crippen molar-refractivity contribution in [3.05, 3.63) is 28.7 Å². The zero-order chi connectivity index (χ0) is 15.8. The largest absolute Gasteiger partial charge is 0.329 e. The van der Waals surface area contributed by atoms with E-state index in [0.29, 0.717) is 5.69 Å². The summed E-state index contributed by atoms with van der Waals surface area (Å²) < 4.78 is 0.834. The van der Waals surface area contributed by atoms with Gasteiger partial charge >= 0.3 is 11.8 Å². The first-order valence-electron chi connectivity index (χ1n) is 7.57. The lowest BCUT2D eigenvalue weighted by Gasteiger charge is -2.11. The molecule has 2 N–H and O–H groups in total. The van der Waals surface area contributed by atoms with Crippen LogP contribution in [0.2, 0.25) is 0 Å². The zero-order valence-electron chi connectivity index (χ0n) is 12.4. The molecule has 2 amide bonds. The molecule has 0 unspecified atom stereocenters. The summed E-state index contributed by atoms with van der Waals surface area (Å²) in [5, 5.41) is 6.65. The standard InChI is InChI=1S/C16H20BrN3O2/c17-12-7-6-10-14(11-12)18-15(21)16(22)20-19-13-8-4-2-1-3-5-9-13/h6-7,10-11H,1-5,8-9H2,(H,18,21)(H,20,22). The number of rotatable bonds is 2. The monoisotopic (exact) mass is 365 g/mol. The number of carbonyl (C=O) groups is 2. The molecule has 1 saturated carbocycles. The molecule has 0 aliphatic heterocycles. The van der Waals surface area contributed by atoms with Crippen molar-refractivity contribution in [2.24, 2.45) is 5.10 Å². The third-order valence-electron chi connectivity index (χ3n) is 3.53. The van der Waals surface area contributed by atoms with Crippen molar-refractivity contribution in [1.82, 2.24) is 5.43 Å². The fourth-order valence-electron chi connectivity index (χ4n) is 2.36. The molecule has 2 rings (SSSR count). The van der Waals surface area contributed by atoms with Gasteiger partial charge in [-0.15, -0.1) is 0 Å². The molecule has 22 heavy (non-hydrogen) atoms. The van der Waals surface area contributed by atoms with Gasteiger partial charge in [0.25, 0.3) is 0 Å². The van der Waals surface area contributed by atoms with E-state index in [-0.39, 0.29) is 0 Å². The first-order valence-corrected chi connectivity index (χ1v) is 8.37. The number of nitrogens with zero attached hydrogens (tertiary/aromatic N) is 1. The van der Waals surface area contributed by atoms with Crippen molar-refractivity contribution in [2.75, 3.05) is 5.32 Å². The van der Waals surface area contributed by atoms with Crippen LogP contribution in [0.5, 0.6) is 0 Å². The Kier molecular flexibility index (Phi) is 6.58. The zero-order valence-corrected chi connectivity index (χ0v) is 14.0. The Morgan fingerprint density at radius 2 is 1.68 bits per heavy atom. The minimum atomic E-state index is -0.741. The Labute approximate surface area is 138 Å². The van der Waals surface area contributed by atoms with E-state index in [1.54, 1.807) is 18.2 Å². The van der Waals surface area contributed by atoms with Gasteiger partial charge in [0.15, 0.2) is 0 Å². The van der Waals surface area contributed by atoms with Crippen LogP contribution in [0.25, 0.3) is 0 Å². The van der Waals surface area contributed by atoms with Crippen molar-refractivity contribution < 1.29 is 9.59 Å². The normalized spacial score (nSPS) is 15.4. The first-order chi connectivity index (χ1) is 10.6. The Morgan fingerprint density at radius 3 is 2.36 bits per heavy atom. The molecule has 1 aromatic rings. The number of halogens is 1. The Bertz CT molecular complexity index is 562. The first kappa shape index (κ1) is 16.7. The fraction of sp³-hybridized carbons (Fsp3) is 0.438. The van der Waals surface area contributed by atoms with Crippen molar-refractivity contribution in [3.63, 3.8) is 0 Å². The highest BCUT2D eigenvalue weighted by atomic mass is 79.9. The molecular weight excluding hydrogens is 346 g/mol. The van der Waals surface area contributed by atoms with Gasteiger partial charge in [0, 0.05) is 15.9 Å². The molecule has 1 fully saturated rings. The summed E-state index contributed by atoms with van der Waals surface area (Å²) in [6, 6.07) is 7.07. The molecule has 0 aromatic heterocycles. The minimum Gasteiger partial charge on any atom is -0.318 e. The summed E-state index contributed by atoms with van der Waals surface area (Å²) in [5.41, 5.74) is 3.90. The topological polar surface area (TPSA) is 70.6 Å². The number of benzene rings is 1. The molecule has 6 heteroatoms. The van der Waals surface area contributed by atoms with Crippen LogP contribution in [-0.2, 0) is 9.59 Å². The summed E-state index contributed by atoms with van der Waals surface area (Å²) in [6.07, 6.45) is 7.67. The van der Waals surface area contributed by atoms with Crippen LogP contribution in [0.15, 0.2) is 33.8 Å². The second kappa shape index (κ2) is 8.68. The van der Waals surface area contributed by atoms with Gasteiger partial charge in [-0.2, -0.15) is 5.10 Å². The Balaban J connectivity index is 1.86. The maximum absolute atomic E-state index is 11.8.